The van der Waals surface area contributed by atoms with Gasteiger partial charge in [0.15, 0.2) is 0 Å². The van der Waals surface area contributed by atoms with E-state index in [4.69, 9.17) is 5.11 Å². The van der Waals surface area contributed by atoms with Crippen molar-refractivity contribution >= 4 is 5.97 Å². The number of hydrogen-bond donors (Lipinski definition) is 1. The van der Waals surface area contributed by atoms with Crippen molar-refractivity contribution in [1.29, 1.82) is 0 Å². The summed E-state index contributed by atoms with van der Waals surface area (Å²) in [6, 6.07) is 0.668. The molecule has 0 bridgehead atoms. The molecule has 0 spiro atoms. The Hall–Kier alpha value is -0.830. The largest absolute Gasteiger partial charge is 0.478 e. The van der Waals surface area contributed by atoms with Gasteiger partial charge in [-0.05, 0) is 38.6 Å². The molecular formula is C15H27NO2. The van der Waals surface area contributed by atoms with Gasteiger partial charge in [-0.3, -0.25) is 4.90 Å². The highest BCUT2D eigenvalue weighted by atomic mass is 16.4. The smallest absolute Gasteiger partial charge is 0.330 e. The second-order valence-corrected chi connectivity index (χ2v) is 5.81. The third-order valence-corrected chi connectivity index (χ3v) is 3.80. The highest BCUT2D eigenvalue weighted by Gasteiger charge is 2.21. The van der Waals surface area contributed by atoms with E-state index in [0.29, 0.717) is 17.5 Å². The van der Waals surface area contributed by atoms with Crippen LogP contribution in [0.25, 0.3) is 0 Å². The van der Waals surface area contributed by atoms with E-state index in [9.17, 15) is 4.79 Å². The highest BCUT2D eigenvalue weighted by molar-refractivity contribution is 5.85. The molecule has 1 fully saturated rings. The average Bonchev–Trinajstić information content (AvgIpc) is 2.81. The van der Waals surface area contributed by atoms with Crippen molar-refractivity contribution in [3.05, 3.63) is 11.6 Å². The molecular weight excluding hydrogens is 226 g/mol. The van der Waals surface area contributed by atoms with Crippen molar-refractivity contribution in [2.75, 3.05) is 13.1 Å². The number of carboxylic acid groups (broad SMARTS) is 1. The van der Waals surface area contributed by atoms with Crippen LogP contribution in [0.15, 0.2) is 11.6 Å². The fourth-order valence-corrected chi connectivity index (χ4v) is 2.46. The van der Waals surface area contributed by atoms with E-state index in [0.717, 1.165) is 13.1 Å². The molecule has 1 aliphatic rings. The third-order valence-electron chi connectivity index (χ3n) is 3.80. The van der Waals surface area contributed by atoms with Crippen LogP contribution < -0.4 is 0 Å². The molecule has 3 heteroatoms. The number of carboxylic acids is 1. The predicted molar refractivity (Wildman–Crippen MR) is 74.7 cm³/mol. The van der Waals surface area contributed by atoms with Gasteiger partial charge in [0.1, 0.15) is 0 Å². The lowest BCUT2D eigenvalue weighted by molar-refractivity contribution is -0.132. The molecule has 0 radical (unpaired) electrons. The summed E-state index contributed by atoms with van der Waals surface area (Å²) >= 11 is 0. The Kier molecular flexibility index (Phi) is 6.41. The SMILES string of the molecule is CC(=CCN(CCC(C)C)C1CCCC1)C(=O)O. The first-order valence-corrected chi connectivity index (χ1v) is 7.14. The van der Waals surface area contributed by atoms with Gasteiger partial charge in [-0.25, -0.2) is 4.79 Å². The Bertz CT molecular complexity index is 291. The first-order valence-electron chi connectivity index (χ1n) is 7.14. The maximum Gasteiger partial charge on any atom is 0.330 e. The molecule has 0 saturated heterocycles. The van der Waals surface area contributed by atoms with Gasteiger partial charge in [0, 0.05) is 18.2 Å². The normalized spacial score (nSPS) is 17.9. The third kappa shape index (κ3) is 5.21. The second kappa shape index (κ2) is 7.57. The van der Waals surface area contributed by atoms with Crippen molar-refractivity contribution in [3.63, 3.8) is 0 Å². The van der Waals surface area contributed by atoms with E-state index in [-0.39, 0.29) is 0 Å². The molecule has 1 saturated carbocycles. The summed E-state index contributed by atoms with van der Waals surface area (Å²) in [5.74, 6) is -0.0938. The average molecular weight is 253 g/mol. The van der Waals surface area contributed by atoms with Gasteiger partial charge in [-0.2, -0.15) is 0 Å². The molecule has 0 unspecified atom stereocenters. The summed E-state index contributed by atoms with van der Waals surface area (Å²) in [5.41, 5.74) is 0.461. The van der Waals surface area contributed by atoms with E-state index in [2.05, 4.69) is 18.7 Å². The Morgan fingerprint density at radius 1 is 1.39 bits per heavy atom. The zero-order chi connectivity index (χ0) is 13.5. The summed E-state index contributed by atoms with van der Waals surface area (Å²) in [7, 11) is 0. The van der Waals surface area contributed by atoms with Crippen LogP contribution in [0.2, 0.25) is 0 Å². The maximum atomic E-state index is 10.8. The van der Waals surface area contributed by atoms with Gasteiger partial charge in [0.2, 0.25) is 0 Å². The van der Waals surface area contributed by atoms with E-state index < -0.39 is 5.97 Å². The van der Waals surface area contributed by atoms with E-state index in [1.807, 2.05) is 6.08 Å². The van der Waals surface area contributed by atoms with Crippen LogP contribution in [0.3, 0.4) is 0 Å². The predicted octanol–water partition coefficient (Wildman–Crippen LogP) is 3.31. The first kappa shape index (κ1) is 15.2. The Labute approximate surface area is 111 Å². The number of carbonyl (C=O) groups is 1. The van der Waals surface area contributed by atoms with Crippen LogP contribution in [0.5, 0.6) is 0 Å². The maximum absolute atomic E-state index is 10.8. The van der Waals surface area contributed by atoms with Gasteiger partial charge in [-0.15, -0.1) is 0 Å². The van der Waals surface area contributed by atoms with Gasteiger partial charge in [0.25, 0.3) is 0 Å². The molecule has 0 aliphatic heterocycles. The van der Waals surface area contributed by atoms with Crippen molar-refractivity contribution < 1.29 is 9.90 Å². The molecule has 1 aliphatic carbocycles. The van der Waals surface area contributed by atoms with E-state index in [1.54, 1.807) is 6.92 Å². The number of hydrogen-bond acceptors (Lipinski definition) is 2. The minimum atomic E-state index is -0.801. The summed E-state index contributed by atoms with van der Waals surface area (Å²) in [4.78, 5) is 13.3. The number of rotatable bonds is 7. The van der Waals surface area contributed by atoms with Crippen molar-refractivity contribution in [2.45, 2.75) is 58.9 Å². The van der Waals surface area contributed by atoms with Gasteiger partial charge in [-0.1, -0.05) is 32.8 Å². The molecule has 0 aromatic rings. The molecule has 0 amide bonds. The molecule has 18 heavy (non-hydrogen) atoms. The summed E-state index contributed by atoms with van der Waals surface area (Å²) in [6.45, 7) is 8.04. The standard InChI is InChI=1S/C15H27NO2/c1-12(2)8-10-16(14-6-4-5-7-14)11-9-13(3)15(17)18/h9,12,14H,4-8,10-11H2,1-3H3,(H,17,18). The lowest BCUT2D eigenvalue weighted by atomic mass is 10.1. The van der Waals surface area contributed by atoms with Crippen LogP contribution in [0.4, 0.5) is 0 Å². The van der Waals surface area contributed by atoms with Gasteiger partial charge in [0.05, 0.1) is 0 Å². The Morgan fingerprint density at radius 3 is 2.50 bits per heavy atom. The fraction of sp³-hybridized carbons (Fsp3) is 0.800. The van der Waals surface area contributed by atoms with Crippen LogP contribution in [0.1, 0.15) is 52.9 Å². The van der Waals surface area contributed by atoms with Crippen molar-refractivity contribution in [1.82, 2.24) is 4.90 Å². The Balaban J connectivity index is 2.53. The van der Waals surface area contributed by atoms with Crippen molar-refractivity contribution in [3.8, 4) is 0 Å². The van der Waals surface area contributed by atoms with Crippen LogP contribution in [-0.4, -0.2) is 35.1 Å². The molecule has 0 atom stereocenters. The molecule has 0 aromatic heterocycles. The van der Waals surface area contributed by atoms with Crippen molar-refractivity contribution in [2.24, 2.45) is 5.92 Å². The monoisotopic (exact) mass is 253 g/mol. The zero-order valence-corrected chi connectivity index (χ0v) is 12.0. The Morgan fingerprint density at radius 2 is 2.00 bits per heavy atom. The fourth-order valence-electron chi connectivity index (χ4n) is 2.46. The molecule has 104 valence electrons. The molecule has 0 aromatic carbocycles. The summed E-state index contributed by atoms with van der Waals surface area (Å²) in [6.07, 6.45) is 8.25. The summed E-state index contributed by atoms with van der Waals surface area (Å²) < 4.78 is 0. The minimum Gasteiger partial charge on any atom is -0.478 e. The topological polar surface area (TPSA) is 40.5 Å². The van der Waals surface area contributed by atoms with Crippen LogP contribution in [-0.2, 0) is 4.79 Å². The zero-order valence-electron chi connectivity index (χ0n) is 12.0. The van der Waals surface area contributed by atoms with Gasteiger partial charge < -0.3 is 5.11 Å². The molecule has 1 rings (SSSR count). The lowest BCUT2D eigenvalue weighted by Gasteiger charge is -2.28. The molecule has 1 N–H and O–H groups in total. The number of nitrogens with zero attached hydrogens (tertiary/aromatic N) is 1. The van der Waals surface area contributed by atoms with E-state index >= 15 is 0 Å². The first-order chi connectivity index (χ1) is 8.50. The molecule has 0 heterocycles. The van der Waals surface area contributed by atoms with Gasteiger partial charge >= 0.3 is 5.97 Å². The summed E-state index contributed by atoms with van der Waals surface area (Å²) in [5, 5.41) is 8.89. The molecule has 3 nitrogen and oxygen atoms in total. The number of aliphatic carboxylic acids is 1. The lowest BCUT2D eigenvalue weighted by Crippen LogP contribution is -2.35. The minimum absolute atomic E-state index is 0.461. The van der Waals surface area contributed by atoms with Crippen LogP contribution >= 0.6 is 0 Å². The quantitative estimate of drug-likeness (QED) is 0.708. The second-order valence-electron chi connectivity index (χ2n) is 5.81. The van der Waals surface area contributed by atoms with Crippen LogP contribution in [0, 0.1) is 5.92 Å². The highest BCUT2D eigenvalue weighted by Crippen LogP contribution is 2.24. The van der Waals surface area contributed by atoms with E-state index in [1.165, 1.54) is 32.1 Å².